The Morgan fingerprint density at radius 2 is 1.91 bits per heavy atom. The molecule has 0 radical (unpaired) electrons. The van der Waals surface area contributed by atoms with Crippen molar-refractivity contribution in [2.75, 3.05) is 12.4 Å². The van der Waals surface area contributed by atoms with E-state index >= 15 is 0 Å². The third-order valence-electron chi connectivity index (χ3n) is 4.66. The number of hydrogen-bond donors (Lipinski definition) is 2. The van der Waals surface area contributed by atoms with Gasteiger partial charge in [0.2, 0.25) is 0 Å². The maximum absolute atomic E-state index is 12.6. The molecule has 9 heteroatoms. The lowest BCUT2D eigenvalue weighted by molar-refractivity contribution is -0.112. The number of anilines is 1. The molecule has 3 aromatic rings. The number of amides is 1. The molecule has 7 nitrogen and oxygen atoms in total. The lowest BCUT2D eigenvalue weighted by atomic mass is 10.1. The van der Waals surface area contributed by atoms with E-state index in [-0.39, 0.29) is 23.4 Å². The Morgan fingerprint density at radius 1 is 1.15 bits per heavy atom. The Balaban J connectivity index is 1.83. The second kappa shape index (κ2) is 11.4. The van der Waals surface area contributed by atoms with Crippen LogP contribution in [0.25, 0.3) is 6.08 Å². The molecule has 0 atom stereocenters. The van der Waals surface area contributed by atoms with E-state index in [1.165, 1.54) is 37.5 Å². The molecule has 34 heavy (non-hydrogen) atoms. The zero-order valence-corrected chi connectivity index (χ0v) is 20.2. The topological polar surface area (TPSA) is 109 Å². The second-order valence-corrected chi connectivity index (χ2v) is 8.18. The molecule has 0 aliphatic carbocycles. The molecule has 3 rings (SSSR count). The van der Waals surface area contributed by atoms with Crippen LogP contribution in [0, 0.1) is 11.3 Å². The van der Waals surface area contributed by atoms with Crippen LogP contribution in [-0.2, 0) is 11.4 Å². The molecule has 2 N–H and O–H groups in total. The minimum Gasteiger partial charge on any atom is -0.493 e. The van der Waals surface area contributed by atoms with Gasteiger partial charge in [0.1, 0.15) is 18.2 Å². The number of rotatable bonds is 8. The number of methoxy groups -OCH3 is 1. The molecule has 0 aliphatic rings. The van der Waals surface area contributed by atoms with E-state index in [1.807, 2.05) is 24.3 Å². The van der Waals surface area contributed by atoms with E-state index < -0.39 is 11.9 Å². The highest BCUT2D eigenvalue weighted by Crippen LogP contribution is 2.35. The average Bonchev–Trinajstić information content (AvgIpc) is 2.83. The summed E-state index contributed by atoms with van der Waals surface area (Å²) in [7, 11) is 1.48. The normalized spacial score (nSPS) is 10.8. The third-order valence-corrected chi connectivity index (χ3v) is 5.71. The largest absolute Gasteiger partial charge is 0.493 e. The first-order chi connectivity index (χ1) is 16.3. The number of halogens is 2. The van der Waals surface area contributed by atoms with Crippen LogP contribution in [0.5, 0.6) is 11.5 Å². The van der Waals surface area contributed by atoms with Crippen molar-refractivity contribution >= 4 is 51.2 Å². The number of nitrogens with one attached hydrogen (secondary N) is 1. The predicted molar refractivity (Wildman–Crippen MR) is 132 cm³/mol. The zero-order valence-electron chi connectivity index (χ0n) is 17.8. The van der Waals surface area contributed by atoms with Gasteiger partial charge >= 0.3 is 5.97 Å². The van der Waals surface area contributed by atoms with Gasteiger partial charge in [0.25, 0.3) is 5.91 Å². The van der Waals surface area contributed by atoms with Crippen LogP contribution in [0.1, 0.15) is 21.5 Å². The van der Waals surface area contributed by atoms with Crippen LogP contribution in [0.4, 0.5) is 5.69 Å². The summed E-state index contributed by atoms with van der Waals surface area (Å²) >= 11 is 9.62. The molecule has 0 spiro atoms. The van der Waals surface area contributed by atoms with Gasteiger partial charge in [0.05, 0.1) is 12.7 Å². The number of hydrogen-bond acceptors (Lipinski definition) is 5. The number of ether oxygens (including phenoxy) is 2. The summed E-state index contributed by atoms with van der Waals surface area (Å²) < 4.78 is 11.9. The van der Waals surface area contributed by atoms with E-state index in [0.29, 0.717) is 26.6 Å². The van der Waals surface area contributed by atoms with Gasteiger partial charge in [-0.1, -0.05) is 51.8 Å². The van der Waals surface area contributed by atoms with Crippen molar-refractivity contribution in [3.8, 4) is 17.6 Å². The third kappa shape index (κ3) is 6.16. The van der Waals surface area contributed by atoms with Crippen molar-refractivity contribution in [1.82, 2.24) is 0 Å². The van der Waals surface area contributed by atoms with Crippen molar-refractivity contribution in [1.29, 1.82) is 5.26 Å². The summed E-state index contributed by atoms with van der Waals surface area (Å²) in [6.07, 6.45) is 1.39. The molecule has 1 amide bonds. The smallest absolute Gasteiger partial charge is 0.335 e. The quantitative estimate of drug-likeness (QED) is 0.270. The summed E-state index contributed by atoms with van der Waals surface area (Å²) in [4.78, 5) is 23.7. The van der Waals surface area contributed by atoms with Crippen molar-refractivity contribution in [3.05, 3.63) is 92.4 Å². The number of carboxylic acids is 1. The van der Waals surface area contributed by atoms with Crippen LogP contribution in [0.2, 0.25) is 5.02 Å². The van der Waals surface area contributed by atoms with Gasteiger partial charge in [0.15, 0.2) is 11.5 Å². The highest BCUT2D eigenvalue weighted by Gasteiger charge is 2.15. The van der Waals surface area contributed by atoms with Crippen LogP contribution in [0.15, 0.2) is 70.7 Å². The van der Waals surface area contributed by atoms with E-state index in [2.05, 4.69) is 21.2 Å². The standard InChI is InChI=1S/C25H18BrClN2O5/c1-33-22-11-17(20(26)12-23(22)34-14-16-5-2-3-8-21(16)27)9-18(13-28)24(30)29-19-7-4-6-15(10-19)25(31)32/h2-12H,14H2,1H3,(H,29,30)(H,31,32)/b18-9-. The lowest BCUT2D eigenvalue weighted by Gasteiger charge is -2.14. The fourth-order valence-corrected chi connectivity index (χ4v) is 3.56. The van der Waals surface area contributed by atoms with Gasteiger partial charge in [-0.15, -0.1) is 0 Å². The molecule has 0 heterocycles. The van der Waals surface area contributed by atoms with Crippen molar-refractivity contribution in [2.24, 2.45) is 0 Å². The number of benzene rings is 3. The number of carbonyl (C=O) groups is 2. The molecule has 0 saturated carbocycles. The van der Waals surface area contributed by atoms with Crippen LogP contribution in [-0.4, -0.2) is 24.1 Å². The Hall–Kier alpha value is -3.80. The number of aromatic carboxylic acids is 1. The SMILES string of the molecule is COc1cc(/C=C(/C#N)C(=O)Nc2cccc(C(=O)O)c2)c(Br)cc1OCc1ccccc1Cl. The van der Waals surface area contributed by atoms with Gasteiger partial charge in [-0.05, 0) is 48.0 Å². The molecule has 0 saturated heterocycles. The van der Waals surface area contributed by atoms with Gasteiger partial charge < -0.3 is 19.9 Å². The lowest BCUT2D eigenvalue weighted by Crippen LogP contribution is -2.14. The molecular formula is C25H18BrClN2O5. The van der Waals surface area contributed by atoms with Gasteiger partial charge in [0, 0.05) is 20.7 Å². The van der Waals surface area contributed by atoms with Gasteiger partial charge in [-0.25, -0.2) is 4.79 Å². The van der Waals surface area contributed by atoms with E-state index in [9.17, 15) is 14.9 Å². The number of carboxylic acid groups (broad SMARTS) is 1. The summed E-state index contributed by atoms with van der Waals surface area (Å²) in [5.41, 5.74) is 1.40. The molecule has 0 aromatic heterocycles. The summed E-state index contributed by atoms with van der Waals surface area (Å²) in [5, 5.41) is 21.7. The molecular weight excluding hydrogens is 524 g/mol. The first kappa shape index (κ1) is 24.8. The fraction of sp³-hybridized carbons (Fsp3) is 0.0800. The highest BCUT2D eigenvalue weighted by molar-refractivity contribution is 9.10. The van der Waals surface area contributed by atoms with E-state index in [1.54, 1.807) is 18.2 Å². The Kier molecular flexibility index (Phi) is 8.30. The number of carbonyl (C=O) groups excluding carboxylic acids is 1. The van der Waals surface area contributed by atoms with Gasteiger partial charge in [-0.3, -0.25) is 4.79 Å². The first-order valence-corrected chi connectivity index (χ1v) is 11.0. The van der Waals surface area contributed by atoms with Crippen molar-refractivity contribution in [2.45, 2.75) is 6.61 Å². The first-order valence-electron chi connectivity index (χ1n) is 9.82. The molecule has 3 aromatic carbocycles. The summed E-state index contributed by atoms with van der Waals surface area (Å²) in [6, 6.07) is 18.2. The van der Waals surface area contributed by atoms with Crippen molar-refractivity contribution < 1.29 is 24.2 Å². The maximum atomic E-state index is 12.6. The van der Waals surface area contributed by atoms with Crippen molar-refractivity contribution in [3.63, 3.8) is 0 Å². The average molecular weight is 542 g/mol. The Morgan fingerprint density at radius 3 is 2.59 bits per heavy atom. The number of nitrogens with zero attached hydrogens (tertiary/aromatic N) is 1. The summed E-state index contributed by atoms with van der Waals surface area (Å²) in [6.45, 7) is 0.221. The maximum Gasteiger partial charge on any atom is 0.335 e. The minimum atomic E-state index is -1.12. The second-order valence-electron chi connectivity index (χ2n) is 6.91. The predicted octanol–water partition coefficient (Wildman–Crippen LogP) is 5.93. The molecule has 0 unspecified atom stereocenters. The molecule has 0 fully saturated rings. The molecule has 0 aliphatic heterocycles. The zero-order chi connectivity index (χ0) is 24.7. The Labute approximate surface area is 209 Å². The van der Waals surface area contributed by atoms with Gasteiger partial charge in [-0.2, -0.15) is 5.26 Å². The highest BCUT2D eigenvalue weighted by atomic mass is 79.9. The summed E-state index contributed by atoms with van der Waals surface area (Å²) in [5.74, 6) is -0.969. The van der Waals surface area contributed by atoms with Crippen LogP contribution in [0.3, 0.4) is 0 Å². The molecule has 0 bridgehead atoms. The minimum absolute atomic E-state index is 0.0140. The van der Waals surface area contributed by atoms with E-state index in [0.717, 1.165) is 5.56 Å². The monoisotopic (exact) mass is 540 g/mol. The number of nitriles is 1. The van der Waals surface area contributed by atoms with Crippen LogP contribution < -0.4 is 14.8 Å². The van der Waals surface area contributed by atoms with Crippen LogP contribution >= 0.6 is 27.5 Å². The Bertz CT molecular complexity index is 1320. The molecule has 172 valence electrons. The van der Waals surface area contributed by atoms with E-state index in [4.69, 9.17) is 26.2 Å². The fourth-order valence-electron chi connectivity index (χ4n) is 2.94.